The molecule has 2 amide bonds. The van der Waals surface area contributed by atoms with Crippen LogP contribution in [0.4, 0.5) is 10.1 Å². The van der Waals surface area contributed by atoms with Crippen molar-refractivity contribution in [2.75, 3.05) is 31.5 Å². The Hall–Kier alpha value is -2.40. The second-order valence-electron chi connectivity index (χ2n) is 9.03. The van der Waals surface area contributed by atoms with Crippen LogP contribution in [0, 0.1) is 11.7 Å². The van der Waals surface area contributed by atoms with Gasteiger partial charge in [0.25, 0.3) is 0 Å². The van der Waals surface area contributed by atoms with Crippen molar-refractivity contribution < 1.29 is 22.4 Å². The van der Waals surface area contributed by atoms with Crippen molar-refractivity contribution in [1.82, 2.24) is 14.5 Å². The minimum Gasteiger partial charge on any atom is -0.354 e. The largest absolute Gasteiger partial charge is 0.354 e. The van der Waals surface area contributed by atoms with Gasteiger partial charge >= 0.3 is 10.2 Å². The predicted octanol–water partition coefficient (Wildman–Crippen LogP) is 4.32. The molecule has 0 saturated carbocycles. The van der Waals surface area contributed by atoms with Gasteiger partial charge in [-0.15, -0.1) is 0 Å². The highest BCUT2D eigenvalue weighted by Crippen LogP contribution is 2.28. The molecule has 0 saturated heterocycles. The van der Waals surface area contributed by atoms with Crippen molar-refractivity contribution in [1.29, 1.82) is 0 Å². The zero-order chi connectivity index (χ0) is 27.9. The molecule has 0 bridgehead atoms. The van der Waals surface area contributed by atoms with Crippen LogP contribution in [-0.4, -0.2) is 62.7 Å². The second kappa shape index (κ2) is 13.4. The maximum absolute atomic E-state index is 14.7. The molecule has 0 aliphatic carbocycles. The SMILES string of the molecule is CCC(C(=O)NCC(C)C)N(Cc1c(Cl)cccc1Cl)C(=O)CN(c1ccccc1F)S(=O)(=O)N(C)C. The van der Waals surface area contributed by atoms with E-state index in [1.54, 1.807) is 25.1 Å². The first kappa shape index (κ1) is 30.8. The summed E-state index contributed by atoms with van der Waals surface area (Å²) >= 11 is 12.7. The van der Waals surface area contributed by atoms with Gasteiger partial charge in [-0.2, -0.15) is 12.7 Å². The third-order valence-corrected chi connectivity index (χ3v) is 8.11. The van der Waals surface area contributed by atoms with E-state index >= 15 is 0 Å². The van der Waals surface area contributed by atoms with E-state index in [-0.39, 0.29) is 34.6 Å². The molecule has 1 atom stereocenters. The Bertz CT molecular complexity index is 1190. The lowest BCUT2D eigenvalue weighted by molar-refractivity contribution is -0.140. The van der Waals surface area contributed by atoms with Crippen LogP contribution in [0.15, 0.2) is 42.5 Å². The molecule has 0 spiro atoms. The van der Waals surface area contributed by atoms with Gasteiger partial charge in [-0.05, 0) is 36.6 Å². The molecule has 0 aliphatic rings. The van der Waals surface area contributed by atoms with Crippen LogP contribution in [0.25, 0.3) is 0 Å². The summed E-state index contributed by atoms with van der Waals surface area (Å²) < 4.78 is 42.6. The van der Waals surface area contributed by atoms with Gasteiger partial charge in [0.05, 0.1) is 5.69 Å². The fourth-order valence-corrected chi connectivity index (χ4v) is 5.13. The highest BCUT2D eigenvalue weighted by atomic mass is 35.5. The Kier molecular flexibility index (Phi) is 11.2. The van der Waals surface area contributed by atoms with Gasteiger partial charge in [-0.25, -0.2) is 8.70 Å². The highest BCUT2D eigenvalue weighted by molar-refractivity contribution is 7.90. The molecule has 1 unspecified atom stereocenters. The summed E-state index contributed by atoms with van der Waals surface area (Å²) in [5.41, 5.74) is 0.111. The van der Waals surface area contributed by atoms with Crippen molar-refractivity contribution in [3.8, 4) is 0 Å². The van der Waals surface area contributed by atoms with Crippen LogP contribution in [0.3, 0.4) is 0 Å². The average molecular weight is 576 g/mol. The zero-order valence-electron chi connectivity index (χ0n) is 21.5. The third kappa shape index (κ3) is 7.80. The lowest BCUT2D eigenvalue weighted by Gasteiger charge is -2.34. The van der Waals surface area contributed by atoms with Crippen LogP contribution < -0.4 is 9.62 Å². The fourth-order valence-electron chi connectivity index (χ4n) is 3.55. The molecule has 0 radical (unpaired) electrons. The number of hydrogen-bond acceptors (Lipinski definition) is 4. The first-order valence-electron chi connectivity index (χ1n) is 11.8. The monoisotopic (exact) mass is 574 g/mol. The number of nitrogens with one attached hydrogen (secondary N) is 1. The number of nitrogens with zero attached hydrogens (tertiary/aromatic N) is 3. The van der Waals surface area contributed by atoms with Gasteiger partial charge in [0.1, 0.15) is 18.4 Å². The molecule has 0 aliphatic heterocycles. The van der Waals surface area contributed by atoms with Gasteiger partial charge in [-0.1, -0.05) is 62.2 Å². The quantitative estimate of drug-likeness (QED) is 0.408. The van der Waals surface area contributed by atoms with Crippen molar-refractivity contribution in [3.63, 3.8) is 0 Å². The van der Waals surface area contributed by atoms with Crippen LogP contribution >= 0.6 is 23.2 Å². The summed E-state index contributed by atoms with van der Waals surface area (Å²) in [5.74, 6) is -1.77. The van der Waals surface area contributed by atoms with E-state index < -0.39 is 40.4 Å². The Morgan fingerprint density at radius 1 is 1.03 bits per heavy atom. The van der Waals surface area contributed by atoms with E-state index in [9.17, 15) is 22.4 Å². The molecule has 204 valence electrons. The van der Waals surface area contributed by atoms with E-state index in [1.165, 1.54) is 37.2 Å². The molecule has 2 rings (SSSR count). The summed E-state index contributed by atoms with van der Waals surface area (Å²) in [6, 6.07) is 9.16. The van der Waals surface area contributed by atoms with E-state index in [0.29, 0.717) is 16.4 Å². The molecule has 0 aromatic heterocycles. The van der Waals surface area contributed by atoms with E-state index in [4.69, 9.17) is 23.2 Å². The van der Waals surface area contributed by atoms with Gasteiger partial charge in [0.2, 0.25) is 11.8 Å². The fraction of sp³-hybridized carbons (Fsp3) is 0.440. The summed E-state index contributed by atoms with van der Waals surface area (Å²) in [7, 11) is -1.72. The topological polar surface area (TPSA) is 90.0 Å². The van der Waals surface area contributed by atoms with Crippen LogP contribution in [0.1, 0.15) is 32.8 Å². The summed E-state index contributed by atoms with van der Waals surface area (Å²) in [6.07, 6.45) is 0.234. The van der Waals surface area contributed by atoms with Crippen molar-refractivity contribution in [2.45, 2.75) is 39.8 Å². The molecule has 8 nitrogen and oxygen atoms in total. The van der Waals surface area contributed by atoms with Crippen LogP contribution in [-0.2, 0) is 26.3 Å². The normalized spacial score (nSPS) is 12.5. The van der Waals surface area contributed by atoms with Crippen LogP contribution in [0.5, 0.6) is 0 Å². The Balaban J connectivity index is 2.56. The molecular weight excluding hydrogens is 542 g/mol. The summed E-state index contributed by atoms with van der Waals surface area (Å²) in [4.78, 5) is 28.2. The Morgan fingerprint density at radius 3 is 2.14 bits per heavy atom. The number of carbonyl (C=O) groups excluding carboxylic acids is 2. The molecule has 12 heteroatoms. The van der Waals surface area contributed by atoms with Crippen molar-refractivity contribution >= 4 is 50.9 Å². The number of para-hydroxylation sites is 1. The number of benzene rings is 2. The van der Waals surface area contributed by atoms with Crippen LogP contribution in [0.2, 0.25) is 10.0 Å². The molecule has 1 N–H and O–H groups in total. The minimum absolute atomic E-state index is 0.155. The van der Waals surface area contributed by atoms with E-state index in [1.807, 2.05) is 13.8 Å². The van der Waals surface area contributed by atoms with Crippen molar-refractivity contribution in [3.05, 3.63) is 63.9 Å². The smallest absolute Gasteiger partial charge is 0.304 e. The minimum atomic E-state index is -4.28. The molecule has 0 heterocycles. The molecule has 0 fully saturated rings. The number of rotatable bonds is 12. The molecule has 37 heavy (non-hydrogen) atoms. The number of anilines is 1. The van der Waals surface area contributed by atoms with E-state index in [2.05, 4.69) is 5.32 Å². The first-order chi connectivity index (χ1) is 17.3. The Morgan fingerprint density at radius 2 is 1.62 bits per heavy atom. The number of carbonyl (C=O) groups is 2. The number of amides is 2. The zero-order valence-corrected chi connectivity index (χ0v) is 23.9. The number of hydrogen-bond donors (Lipinski definition) is 1. The molecule has 2 aromatic rings. The predicted molar refractivity (Wildman–Crippen MR) is 145 cm³/mol. The van der Waals surface area contributed by atoms with Gasteiger partial charge in [0, 0.05) is 42.8 Å². The third-order valence-electron chi connectivity index (χ3n) is 5.60. The maximum Gasteiger partial charge on any atom is 0.304 e. The number of halogens is 3. The highest BCUT2D eigenvalue weighted by Gasteiger charge is 2.35. The Labute approximate surface area is 228 Å². The summed E-state index contributed by atoms with van der Waals surface area (Å²) in [5, 5.41) is 3.40. The average Bonchev–Trinajstić information content (AvgIpc) is 2.83. The van der Waals surface area contributed by atoms with E-state index in [0.717, 1.165) is 10.4 Å². The second-order valence-corrected chi connectivity index (χ2v) is 11.9. The molecule has 2 aromatic carbocycles. The summed E-state index contributed by atoms with van der Waals surface area (Å²) in [6.45, 7) is 5.09. The maximum atomic E-state index is 14.7. The first-order valence-corrected chi connectivity index (χ1v) is 13.9. The standard InChI is InChI=1S/C25H33Cl2FN4O4S/c1-6-22(25(34)29-14-17(2)3)31(15-18-19(26)10-9-11-20(18)27)24(33)16-32(37(35,36)30(4)5)23-13-8-7-12-21(23)28/h7-13,17,22H,6,14-16H2,1-5H3,(H,29,34). The van der Waals surface area contributed by atoms with Crippen molar-refractivity contribution in [2.24, 2.45) is 5.92 Å². The molecular formula is C25H33Cl2FN4O4S. The lowest BCUT2D eigenvalue weighted by Crippen LogP contribution is -2.53. The van der Waals surface area contributed by atoms with Gasteiger partial charge < -0.3 is 10.2 Å². The lowest BCUT2D eigenvalue weighted by atomic mass is 10.1. The van der Waals surface area contributed by atoms with Gasteiger partial charge in [-0.3, -0.25) is 9.59 Å². The van der Waals surface area contributed by atoms with Gasteiger partial charge in [0.15, 0.2) is 0 Å².